The average molecular weight is 294 g/mol. The van der Waals surface area contributed by atoms with Gasteiger partial charge in [-0.15, -0.1) is 12.4 Å². The van der Waals surface area contributed by atoms with E-state index in [4.69, 9.17) is 0 Å². The third kappa shape index (κ3) is 2.66. The van der Waals surface area contributed by atoms with Gasteiger partial charge in [0, 0.05) is 43.8 Å². The molecule has 1 atom stereocenters. The van der Waals surface area contributed by atoms with E-state index in [1.54, 1.807) is 6.20 Å². The molecule has 1 N–H and O–H groups in total. The zero-order valence-electron chi connectivity index (χ0n) is 11.4. The molecule has 1 aliphatic heterocycles. The van der Waals surface area contributed by atoms with Gasteiger partial charge in [-0.2, -0.15) is 0 Å². The van der Waals surface area contributed by atoms with Gasteiger partial charge in [0.05, 0.1) is 5.69 Å². The van der Waals surface area contributed by atoms with Gasteiger partial charge < -0.3 is 5.32 Å². The van der Waals surface area contributed by atoms with Crippen LogP contribution < -0.4 is 5.32 Å². The van der Waals surface area contributed by atoms with Crippen molar-refractivity contribution in [3.63, 3.8) is 0 Å². The molecule has 0 aromatic carbocycles. The summed E-state index contributed by atoms with van der Waals surface area (Å²) < 4.78 is 2.01. The van der Waals surface area contributed by atoms with Gasteiger partial charge in [-0.25, -0.2) is 9.97 Å². The number of fused-ring (bicyclic) bond motifs is 1. The van der Waals surface area contributed by atoms with E-state index in [9.17, 15) is 0 Å². The van der Waals surface area contributed by atoms with Gasteiger partial charge >= 0.3 is 0 Å². The molecular formula is C14H20ClN5. The van der Waals surface area contributed by atoms with Gasteiger partial charge in [-0.1, -0.05) is 0 Å². The number of hydrogen-bond acceptors (Lipinski definition) is 4. The maximum absolute atomic E-state index is 4.62. The lowest BCUT2D eigenvalue weighted by atomic mass is 10.2. The molecule has 3 heterocycles. The first kappa shape index (κ1) is 13.8. The van der Waals surface area contributed by atoms with E-state index < -0.39 is 0 Å². The van der Waals surface area contributed by atoms with Gasteiger partial charge in [0.2, 0.25) is 5.78 Å². The predicted octanol–water partition coefficient (Wildman–Crippen LogP) is 1.48. The molecule has 2 aliphatic rings. The van der Waals surface area contributed by atoms with Crippen molar-refractivity contribution in [2.24, 2.45) is 0 Å². The highest BCUT2D eigenvalue weighted by molar-refractivity contribution is 5.85. The smallest absolute Gasteiger partial charge is 0.233 e. The quantitative estimate of drug-likeness (QED) is 0.927. The second-order valence-corrected chi connectivity index (χ2v) is 5.61. The van der Waals surface area contributed by atoms with E-state index in [-0.39, 0.29) is 12.4 Å². The molecule has 1 unspecified atom stereocenters. The van der Waals surface area contributed by atoms with Crippen molar-refractivity contribution >= 4 is 18.2 Å². The van der Waals surface area contributed by atoms with Crippen molar-refractivity contribution in [1.82, 2.24) is 24.6 Å². The summed E-state index contributed by atoms with van der Waals surface area (Å²) in [6.45, 7) is 3.24. The second kappa shape index (κ2) is 5.68. The molecule has 2 aromatic rings. The Morgan fingerprint density at radius 3 is 2.90 bits per heavy atom. The summed E-state index contributed by atoms with van der Waals surface area (Å²) in [5.74, 6) is 0.804. The normalized spacial score (nSPS) is 22.4. The highest BCUT2D eigenvalue weighted by atomic mass is 35.5. The van der Waals surface area contributed by atoms with Crippen LogP contribution in [0.4, 0.5) is 0 Å². The molecule has 0 radical (unpaired) electrons. The number of nitrogens with zero attached hydrogens (tertiary/aromatic N) is 4. The van der Waals surface area contributed by atoms with E-state index in [1.807, 2.05) is 16.7 Å². The first-order chi connectivity index (χ1) is 9.40. The molecule has 108 valence electrons. The number of aromatic nitrogens is 3. The topological polar surface area (TPSA) is 45.5 Å². The number of halogens is 1. The fraction of sp³-hybridized carbons (Fsp3) is 0.571. The maximum Gasteiger partial charge on any atom is 0.233 e. The number of rotatable bonds is 4. The lowest BCUT2D eigenvalue weighted by Gasteiger charge is -2.27. The lowest BCUT2D eigenvalue weighted by molar-refractivity contribution is 0.187. The zero-order valence-corrected chi connectivity index (χ0v) is 12.2. The minimum absolute atomic E-state index is 0. The van der Waals surface area contributed by atoms with Crippen LogP contribution in [0.25, 0.3) is 5.78 Å². The predicted molar refractivity (Wildman–Crippen MR) is 80.1 cm³/mol. The first-order valence-electron chi connectivity index (χ1n) is 7.15. The van der Waals surface area contributed by atoms with Crippen LogP contribution in [0.2, 0.25) is 0 Å². The van der Waals surface area contributed by atoms with Gasteiger partial charge in [0.15, 0.2) is 0 Å². The zero-order chi connectivity index (χ0) is 12.7. The van der Waals surface area contributed by atoms with Crippen molar-refractivity contribution in [1.29, 1.82) is 0 Å². The van der Waals surface area contributed by atoms with Crippen LogP contribution >= 0.6 is 12.4 Å². The van der Waals surface area contributed by atoms with Crippen LogP contribution in [0.15, 0.2) is 24.7 Å². The molecule has 2 aromatic heterocycles. The molecule has 4 rings (SSSR count). The summed E-state index contributed by atoms with van der Waals surface area (Å²) in [7, 11) is 0. The van der Waals surface area contributed by atoms with E-state index in [1.165, 1.54) is 19.3 Å². The van der Waals surface area contributed by atoms with Crippen LogP contribution in [0.5, 0.6) is 0 Å². The molecular weight excluding hydrogens is 274 g/mol. The van der Waals surface area contributed by atoms with Crippen molar-refractivity contribution in [3.8, 4) is 0 Å². The van der Waals surface area contributed by atoms with Gasteiger partial charge in [-0.3, -0.25) is 9.30 Å². The monoisotopic (exact) mass is 293 g/mol. The number of nitrogens with one attached hydrogen (secondary N) is 1. The number of imidazole rings is 1. The summed E-state index contributed by atoms with van der Waals surface area (Å²) in [6, 6.07) is 3.41. The van der Waals surface area contributed by atoms with Crippen molar-refractivity contribution in [2.75, 3.05) is 13.1 Å². The Hall–Kier alpha value is -1.17. The summed E-state index contributed by atoms with van der Waals surface area (Å²) in [6.07, 6.45) is 9.88. The van der Waals surface area contributed by atoms with Crippen molar-refractivity contribution < 1.29 is 0 Å². The minimum atomic E-state index is 0. The van der Waals surface area contributed by atoms with Crippen LogP contribution in [-0.2, 0) is 6.54 Å². The lowest BCUT2D eigenvalue weighted by Crippen LogP contribution is -2.38. The highest BCUT2D eigenvalue weighted by Gasteiger charge is 2.35. The molecule has 0 bridgehead atoms. The van der Waals surface area contributed by atoms with Crippen LogP contribution in [0, 0.1) is 0 Å². The molecule has 0 amide bonds. The Labute approximate surface area is 124 Å². The molecule has 20 heavy (non-hydrogen) atoms. The number of hydrogen-bond donors (Lipinski definition) is 1. The Balaban J connectivity index is 0.00000121. The van der Waals surface area contributed by atoms with E-state index in [0.717, 1.165) is 37.1 Å². The van der Waals surface area contributed by atoms with Gasteiger partial charge in [0.1, 0.15) is 0 Å². The molecule has 5 nitrogen and oxygen atoms in total. The van der Waals surface area contributed by atoms with E-state index in [0.29, 0.717) is 6.04 Å². The van der Waals surface area contributed by atoms with Crippen molar-refractivity contribution in [3.05, 3.63) is 30.4 Å². The van der Waals surface area contributed by atoms with Crippen molar-refractivity contribution in [2.45, 2.75) is 37.9 Å². The molecule has 1 aliphatic carbocycles. The summed E-state index contributed by atoms with van der Waals surface area (Å²) in [5.41, 5.74) is 1.14. The average Bonchev–Trinajstić information content (AvgIpc) is 2.98. The summed E-state index contributed by atoms with van der Waals surface area (Å²) in [4.78, 5) is 11.6. The van der Waals surface area contributed by atoms with Gasteiger partial charge in [-0.05, 0) is 31.9 Å². The summed E-state index contributed by atoms with van der Waals surface area (Å²) in [5, 5.41) is 3.47. The first-order valence-corrected chi connectivity index (χ1v) is 7.15. The largest absolute Gasteiger partial charge is 0.315 e. The van der Waals surface area contributed by atoms with Crippen LogP contribution in [-0.4, -0.2) is 44.4 Å². The van der Waals surface area contributed by atoms with Crippen LogP contribution in [0.3, 0.4) is 0 Å². The summed E-state index contributed by atoms with van der Waals surface area (Å²) >= 11 is 0. The second-order valence-electron chi connectivity index (χ2n) is 5.61. The highest BCUT2D eigenvalue weighted by Crippen LogP contribution is 2.31. The van der Waals surface area contributed by atoms with Crippen LogP contribution in [0.1, 0.15) is 25.0 Å². The Bertz CT molecular complexity index is 541. The standard InChI is InChI=1S/C14H19N5.ClH/c1-5-16-14-17-11(9-18(14)7-1)10-19(12-2-3-12)13-4-6-15-8-13;/h1,5,7,9,12-13,15H,2-4,6,8,10H2;1H. The Morgan fingerprint density at radius 1 is 1.30 bits per heavy atom. The minimum Gasteiger partial charge on any atom is -0.315 e. The fourth-order valence-electron chi connectivity index (χ4n) is 3.03. The molecule has 1 saturated heterocycles. The van der Waals surface area contributed by atoms with E-state index in [2.05, 4.69) is 26.4 Å². The van der Waals surface area contributed by atoms with Gasteiger partial charge in [0.25, 0.3) is 0 Å². The SMILES string of the molecule is Cl.c1cnc2nc(CN(C3CC3)C3CCNC3)cn2c1. The third-order valence-corrected chi connectivity index (χ3v) is 4.15. The third-order valence-electron chi connectivity index (χ3n) is 4.15. The molecule has 1 saturated carbocycles. The molecule has 2 fully saturated rings. The fourth-order valence-corrected chi connectivity index (χ4v) is 3.03. The Kier molecular flexibility index (Phi) is 3.92. The van der Waals surface area contributed by atoms with E-state index >= 15 is 0 Å². The molecule has 6 heteroatoms. The Morgan fingerprint density at radius 2 is 2.20 bits per heavy atom. The molecule has 0 spiro atoms. The maximum atomic E-state index is 4.62.